The van der Waals surface area contributed by atoms with Gasteiger partial charge in [0.1, 0.15) is 0 Å². The molecule has 6 nitrogen and oxygen atoms in total. The van der Waals surface area contributed by atoms with Crippen LogP contribution < -0.4 is 0 Å². The molecule has 1 aliphatic rings. The van der Waals surface area contributed by atoms with E-state index in [4.69, 9.17) is 4.79 Å². The van der Waals surface area contributed by atoms with Crippen molar-refractivity contribution >= 4 is 24.1 Å². The number of thiol groups is 1. The van der Waals surface area contributed by atoms with Crippen molar-refractivity contribution < 1.29 is 18.0 Å². The van der Waals surface area contributed by atoms with Crippen LogP contribution >= 0.6 is 0 Å². The molecule has 0 atom stereocenters. The average molecular weight is 237 g/mol. The maximum atomic E-state index is 10.2. The predicted molar refractivity (Wildman–Crippen MR) is 57.6 cm³/mol. The summed E-state index contributed by atoms with van der Waals surface area (Å²) in [6.07, 6.45) is 2.81. The molecule has 89 valence electrons. The van der Waals surface area contributed by atoms with Gasteiger partial charge in [0.25, 0.3) is 0 Å². The van der Waals surface area contributed by atoms with Crippen molar-refractivity contribution in [3.63, 3.8) is 0 Å². The van der Waals surface area contributed by atoms with Crippen LogP contribution in [0.15, 0.2) is 0 Å². The Hall–Kier alpha value is -0.950. The number of carbonyl (C=O) groups is 1. The Morgan fingerprint density at radius 2 is 1.53 bits per heavy atom. The van der Waals surface area contributed by atoms with Gasteiger partial charge in [-0.2, -0.15) is 0 Å². The van der Waals surface area contributed by atoms with Gasteiger partial charge in [-0.1, -0.05) is 0 Å². The summed E-state index contributed by atoms with van der Waals surface area (Å²) < 4.78 is 21.8. The topological polar surface area (TPSA) is 74.8 Å². The van der Waals surface area contributed by atoms with E-state index < -0.39 is 10.9 Å². The highest BCUT2D eigenvalue weighted by Crippen LogP contribution is 2.05. The summed E-state index contributed by atoms with van der Waals surface area (Å²) in [5.74, 6) is 0. The lowest BCUT2D eigenvalue weighted by molar-refractivity contribution is -0.115. The Labute approximate surface area is 91.9 Å². The molecule has 1 radical (unpaired) electrons. The van der Waals surface area contributed by atoms with Crippen LogP contribution in [0.1, 0.15) is 12.8 Å². The first-order valence-electron chi connectivity index (χ1n) is 4.32. The average Bonchev–Trinajstić information content (AvgIpc) is 2.75. The van der Waals surface area contributed by atoms with E-state index in [1.54, 1.807) is 14.1 Å². The molecule has 1 amide bonds. The van der Waals surface area contributed by atoms with Gasteiger partial charge in [-0.05, 0) is 12.8 Å². The molecule has 1 rings (SSSR count). The van der Waals surface area contributed by atoms with Gasteiger partial charge in [0, 0.05) is 27.2 Å². The van der Waals surface area contributed by atoms with Crippen molar-refractivity contribution in [2.24, 2.45) is 0 Å². The maximum absolute atomic E-state index is 10.2. The van der Waals surface area contributed by atoms with Crippen LogP contribution in [0.5, 0.6) is 0 Å². The standard InChI is InChI=1S/C4H9NO2S.C3H7NO.CHO/c6-8(7)5-3-1-2-4-5;1-4(2)3-5;1-2/h8H,1-4H2;3H,1-2H3;1H. The second kappa shape index (κ2) is 11.1. The Morgan fingerprint density at radius 1 is 1.20 bits per heavy atom. The minimum absolute atomic E-state index is 0.735. The summed E-state index contributed by atoms with van der Waals surface area (Å²) in [5, 5.41) is 0. The van der Waals surface area contributed by atoms with E-state index in [1.165, 1.54) is 9.21 Å². The van der Waals surface area contributed by atoms with Gasteiger partial charge in [-0.25, -0.2) is 12.7 Å². The molecular formula is C8H17N2O4S. The second-order valence-corrected chi connectivity index (χ2v) is 4.01. The van der Waals surface area contributed by atoms with Crippen LogP contribution in [0, 0.1) is 0 Å². The van der Waals surface area contributed by atoms with Gasteiger partial charge in [0.2, 0.25) is 17.3 Å². The van der Waals surface area contributed by atoms with Crippen molar-refractivity contribution in [1.82, 2.24) is 9.21 Å². The molecule has 1 saturated heterocycles. The lowest BCUT2D eigenvalue weighted by atomic mass is 10.4. The molecule has 0 spiro atoms. The summed E-state index contributed by atoms with van der Waals surface area (Å²) in [6.45, 7) is 4.72. The van der Waals surface area contributed by atoms with Crippen LogP contribution in [0.3, 0.4) is 0 Å². The largest absolute Gasteiger partial charge is 0.351 e. The minimum Gasteiger partial charge on any atom is -0.351 e. The molecule has 1 heterocycles. The summed E-state index contributed by atoms with van der Waals surface area (Å²) in [5.41, 5.74) is 0. The van der Waals surface area contributed by atoms with E-state index in [0.29, 0.717) is 0 Å². The van der Waals surface area contributed by atoms with E-state index in [0.717, 1.165) is 32.3 Å². The Kier molecular flexibility index (Phi) is 12.2. The summed E-state index contributed by atoms with van der Waals surface area (Å²) in [6, 6.07) is 0. The third-order valence-corrected chi connectivity index (χ3v) is 2.39. The molecule has 0 N–H and O–H groups in total. The van der Waals surface area contributed by atoms with Crippen molar-refractivity contribution in [2.45, 2.75) is 12.8 Å². The number of amides is 1. The molecule has 0 unspecified atom stereocenters. The fraction of sp³-hybridized carbons (Fsp3) is 0.750. The molecule has 1 aliphatic heterocycles. The van der Waals surface area contributed by atoms with E-state index >= 15 is 0 Å². The zero-order valence-electron chi connectivity index (χ0n) is 8.96. The molecule has 15 heavy (non-hydrogen) atoms. The van der Waals surface area contributed by atoms with Gasteiger partial charge in [0.05, 0.1) is 0 Å². The molecule has 0 aromatic rings. The Morgan fingerprint density at radius 3 is 1.67 bits per heavy atom. The van der Waals surface area contributed by atoms with Crippen LogP contribution in [0.25, 0.3) is 0 Å². The molecule has 7 heteroatoms. The van der Waals surface area contributed by atoms with Gasteiger partial charge in [-0.15, -0.1) is 0 Å². The van der Waals surface area contributed by atoms with E-state index in [9.17, 15) is 13.2 Å². The van der Waals surface area contributed by atoms with Gasteiger partial charge >= 0.3 is 0 Å². The van der Waals surface area contributed by atoms with Crippen molar-refractivity contribution in [2.75, 3.05) is 27.2 Å². The summed E-state index contributed by atoms with van der Waals surface area (Å²) in [4.78, 5) is 18.6. The van der Waals surface area contributed by atoms with Crippen LogP contribution in [-0.4, -0.2) is 58.0 Å². The lowest BCUT2D eigenvalue weighted by Gasteiger charge is -2.00. The third-order valence-electron chi connectivity index (χ3n) is 1.52. The zero-order valence-corrected chi connectivity index (χ0v) is 9.85. The highest BCUT2D eigenvalue weighted by Gasteiger charge is 2.11. The number of carbonyl (C=O) groups excluding carboxylic acids is 2. The summed E-state index contributed by atoms with van der Waals surface area (Å²) in [7, 11) is 1.11. The van der Waals surface area contributed by atoms with E-state index in [1.807, 2.05) is 0 Å². The first-order chi connectivity index (χ1) is 7.07. The Balaban J connectivity index is 0. The van der Waals surface area contributed by atoms with Crippen molar-refractivity contribution in [3.05, 3.63) is 0 Å². The lowest BCUT2D eigenvalue weighted by Crippen LogP contribution is -2.15. The third kappa shape index (κ3) is 11.0. The first-order valence-corrected chi connectivity index (χ1v) is 5.45. The van der Waals surface area contributed by atoms with Gasteiger partial charge in [0.15, 0.2) is 6.79 Å². The van der Waals surface area contributed by atoms with Crippen LogP contribution in [0.4, 0.5) is 0 Å². The minimum atomic E-state index is -2.27. The molecule has 0 bridgehead atoms. The highest BCUT2D eigenvalue weighted by molar-refractivity contribution is 7.69. The molecule has 0 aromatic carbocycles. The van der Waals surface area contributed by atoms with Crippen LogP contribution in [-0.2, 0) is 20.5 Å². The van der Waals surface area contributed by atoms with E-state index in [-0.39, 0.29) is 0 Å². The fourth-order valence-electron chi connectivity index (χ4n) is 0.864. The van der Waals surface area contributed by atoms with Crippen molar-refractivity contribution in [1.29, 1.82) is 0 Å². The van der Waals surface area contributed by atoms with Crippen LogP contribution in [0.2, 0.25) is 0 Å². The first kappa shape index (κ1) is 16.5. The molecule has 0 saturated carbocycles. The van der Waals surface area contributed by atoms with Gasteiger partial charge < -0.3 is 4.90 Å². The molecular weight excluding hydrogens is 220 g/mol. The predicted octanol–water partition coefficient (Wildman–Crippen LogP) is -0.961. The zero-order chi connectivity index (χ0) is 12.3. The monoisotopic (exact) mass is 237 g/mol. The number of hydrogen-bond acceptors (Lipinski definition) is 4. The van der Waals surface area contributed by atoms with E-state index in [2.05, 4.69) is 6.79 Å². The maximum Gasteiger partial charge on any atom is 0.209 e. The SMILES string of the molecule is CN(C)C=O.O=[SH](=O)N1CCCC1.[CH]=O. The number of nitrogens with zero attached hydrogens (tertiary/aromatic N) is 2. The summed E-state index contributed by atoms with van der Waals surface area (Å²) >= 11 is 0. The molecule has 1 fully saturated rings. The van der Waals surface area contributed by atoms with Crippen molar-refractivity contribution in [3.8, 4) is 0 Å². The number of rotatable bonds is 2. The smallest absolute Gasteiger partial charge is 0.209 e. The number of hydrogen-bond donors (Lipinski definition) is 1. The highest BCUT2D eigenvalue weighted by atomic mass is 32.2. The Bertz CT molecular complexity index is 217. The van der Waals surface area contributed by atoms with Gasteiger partial charge in [-0.3, -0.25) is 9.59 Å². The molecule has 0 aliphatic carbocycles. The quantitative estimate of drug-likeness (QED) is 0.496. The normalized spacial score (nSPS) is 14.6. The fourth-order valence-corrected chi connectivity index (χ4v) is 1.47. The second-order valence-electron chi connectivity index (χ2n) is 2.97. The molecule has 0 aromatic heterocycles.